The van der Waals surface area contributed by atoms with Crippen molar-refractivity contribution in [2.75, 3.05) is 39.6 Å². The average molecular weight is 1400 g/mol. The Hall–Kier alpha value is -1.94. The Bertz CT molecular complexity index is 1870. The lowest BCUT2D eigenvalue weighted by Gasteiger charge is -2.21. The molecule has 0 aliphatic rings. The highest BCUT2D eigenvalue weighted by Crippen LogP contribution is 2.45. The van der Waals surface area contributed by atoms with E-state index < -0.39 is 97.5 Å². The Morgan fingerprint density at radius 3 is 0.747 bits per heavy atom. The molecule has 0 bridgehead atoms. The van der Waals surface area contributed by atoms with Crippen LogP contribution in [0.2, 0.25) is 0 Å². The van der Waals surface area contributed by atoms with E-state index in [1.54, 1.807) is 0 Å². The number of phosphoric acid groups is 2. The molecule has 0 aromatic heterocycles. The van der Waals surface area contributed by atoms with E-state index in [9.17, 15) is 43.2 Å². The van der Waals surface area contributed by atoms with E-state index in [1.165, 1.54) is 180 Å². The molecule has 0 amide bonds. The average Bonchev–Trinajstić information content (AvgIpc) is 1.70. The minimum Gasteiger partial charge on any atom is -0.462 e. The molecule has 0 radical (unpaired) electrons. The summed E-state index contributed by atoms with van der Waals surface area (Å²) in [5, 5.41) is 10.6. The van der Waals surface area contributed by atoms with E-state index in [0.29, 0.717) is 31.6 Å². The van der Waals surface area contributed by atoms with Crippen molar-refractivity contribution in [2.24, 2.45) is 23.7 Å². The first kappa shape index (κ1) is 93.1. The van der Waals surface area contributed by atoms with Gasteiger partial charge in [0.25, 0.3) is 0 Å². The summed E-state index contributed by atoms with van der Waals surface area (Å²) in [7, 11) is -9.91. The molecule has 0 saturated carbocycles. The Morgan fingerprint density at radius 1 is 0.295 bits per heavy atom. The first-order chi connectivity index (χ1) is 45.6. The number of phosphoric ester groups is 2. The number of rotatable bonds is 73. The molecule has 0 heterocycles. The number of esters is 4. The van der Waals surface area contributed by atoms with Crippen LogP contribution in [0, 0.1) is 23.7 Å². The van der Waals surface area contributed by atoms with Crippen LogP contribution in [0.15, 0.2) is 0 Å². The minimum atomic E-state index is -4.96. The molecule has 95 heavy (non-hydrogen) atoms. The van der Waals surface area contributed by atoms with Crippen LogP contribution in [-0.4, -0.2) is 96.7 Å². The van der Waals surface area contributed by atoms with Crippen molar-refractivity contribution in [3.63, 3.8) is 0 Å². The van der Waals surface area contributed by atoms with Gasteiger partial charge in [0.15, 0.2) is 12.2 Å². The highest BCUT2D eigenvalue weighted by molar-refractivity contribution is 7.47. The summed E-state index contributed by atoms with van der Waals surface area (Å²) in [6.45, 7) is 14.1. The van der Waals surface area contributed by atoms with Gasteiger partial charge in [-0.25, -0.2) is 9.13 Å². The lowest BCUT2D eigenvalue weighted by atomic mass is 9.99. The lowest BCUT2D eigenvalue weighted by molar-refractivity contribution is -0.161. The highest BCUT2D eigenvalue weighted by Gasteiger charge is 2.30. The molecule has 0 aromatic rings. The summed E-state index contributed by atoms with van der Waals surface area (Å²) in [5.41, 5.74) is 0. The first-order valence-electron chi connectivity index (χ1n) is 39.2. The fraction of sp³-hybridized carbons (Fsp3) is 0.947. The summed E-state index contributed by atoms with van der Waals surface area (Å²) < 4.78 is 68.4. The van der Waals surface area contributed by atoms with E-state index in [2.05, 4.69) is 55.4 Å². The normalized spacial score (nSPS) is 14.4. The second-order valence-electron chi connectivity index (χ2n) is 29.1. The Labute approximate surface area is 581 Å². The summed E-state index contributed by atoms with van der Waals surface area (Å²) in [6, 6.07) is 0. The van der Waals surface area contributed by atoms with E-state index in [-0.39, 0.29) is 25.7 Å². The number of carbonyl (C=O) groups is 4. The van der Waals surface area contributed by atoms with Crippen LogP contribution in [-0.2, 0) is 65.4 Å². The van der Waals surface area contributed by atoms with Gasteiger partial charge < -0.3 is 33.8 Å². The quantitative estimate of drug-likeness (QED) is 0.0222. The van der Waals surface area contributed by atoms with Gasteiger partial charge in [0.2, 0.25) is 0 Å². The third-order valence-corrected chi connectivity index (χ3v) is 19.8. The molecule has 6 atom stereocenters. The molecule has 3 unspecified atom stereocenters. The van der Waals surface area contributed by atoms with Gasteiger partial charge in [0, 0.05) is 25.7 Å². The van der Waals surface area contributed by atoms with Gasteiger partial charge in [0.1, 0.15) is 19.3 Å². The molecule has 19 heteroatoms. The van der Waals surface area contributed by atoms with Crippen LogP contribution in [0.25, 0.3) is 0 Å². The van der Waals surface area contributed by atoms with Crippen molar-refractivity contribution in [3.8, 4) is 0 Å². The zero-order valence-electron chi connectivity index (χ0n) is 62.3. The van der Waals surface area contributed by atoms with Crippen LogP contribution in [0.3, 0.4) is 0 Å². The summed E-state index contributed by atoms with van der Waals surface area (Å²) in [5.74, 6) is 0.898. The maximum atomic E-state index is 13.1. The molecule has 0 aromatic carbocycles. The monoisotopic (exact) mass is 1400 g/mol. The predicted octanol–water partition coefficient (Wildman–Crippen LogP) is 22.0. The Kier molecular flexibility index (Phi) is 64.0. The van der Waals surface area contributed by atoms with Crippen molar-refractivity contribution in [2.45, 2.75) is 401 Å². The van der Waals surface area contributed by atoms with Gasteiger partial charge in [0.05, 0.1) is 26.4 Å². The zero-order chi connectivity index (χ0) is 70.3. The number of aliphatic hydroxyl groups is 1. The summed E-state index contributed by atoms with van der Waals surface area (Å²) in [6.07, 6.45) is 50.2. The molecular formula is C76H148O17P2. The largest absolute Gasteiger partial charge is 0.472 e. The summed E-state index contributed by atoms with van der Waals surface area (Å²) >= 11 is 0. The van der Waals surface area contributed by atoms with Gasteiger partial charge in [-0.15, -0.1) is 0 Å². The van der Waals surface area contributed by atoms with E-state index in [1.807, 2.05) is 0 Å². The van der Waals surface area contributed by atoms with Crippen LogP contribution in [0.4, 0.5) is 0 Å². The van der Waals surface area contributed by atoms with Crippen LogP contribution < -0.4 is 0 Å². The maximum absolute atomic E-state index is 13.1. The minimum absolute atomic E-state index is 0.104. The zero-order valence-corrected chi connectivity index (χ0v) is 64.1. The van der Waals surface area contributed by atoms with E-state index in [4.69, 9.17) is 37.0 Å². The third-order valence-electron chi connectivity index (χ3n) is 17.9. The molecule has 17 nitrogen and oxygen atoms in total. The maximum Gasteiger partial charge on any atom is 0.472 e. The Morgan fingerprint density at radius 2 is 0.505 bits per heavy atom. The Balaban J connectivity index is 5.15. The number of hydrogen-bond donors (Lipinski definition) is 3. The molecule has 0 rings (SSSR count). The van der Waals surface area contributed by atoms with Crippen LogP contribution in [0.5, 0.6) is 0 Å². The van der Waals surface area contributed by atoms with Crippen LogP contribution in [0.1, 0.15) is 383 Å². The fourth-order valence-corrected chi connectivity index (χ4v) is 13.1. The molecule has 3 N–H and O–H groups in total. The van der Waals surface area contributed by atoms with Gasteiger partial charge in [-0.1, -0.05) is 331 Å². The summed E-state index contributed by atoms with van der Waals surface area (Å²) in [4.78, 5) is 72.7. The number of ether oxygens (including phenoxy) is 4. The smallest absolute Gasteiger partial charge is 0.462 e. The van der Waals surface area contributed by atoms with Crippen molar-refractivity contribution >= 4 is 39.5 Å². The second-order valence-corrected chi connectivity index (χ2v) is 32.0. The molecule has 0 aliphatic heterocycles. The van der Waals surface area contributed by atoms with E-state index in [0.717, 1.165) is 114 Å². The molecule has 0 fully saturated rings. The number of hydrogen-bond acceptors (Lipinski definition) is 15. The molecule has 0 aliphatic carbocycles. The van der Waals surface area contributed by atoms with Crippen LogP contribution >= 0.6 is 15.6 Å². The molecule has 564 valence electrons. The van der Waals surface area contributed by atoms with Crippen molar-refractivity contribution < 1.29 is 80.2 Å². The SMILES string of the molecule is CCC(C)CCCCCCCCCCCCC(=O)O[C@H](COC(=O)CCCCCCCCC(C)C)COP(=O)(O)OC[C@H](O)COP(=O)(O)OC[C@@H](COC(=O)CCCCCCCCCCCCCCCCCCCCC(C)C)OC(=O)CCCCCCCCCCC(C)C. The predicted molar refractivity (Wildman–Crippen MR) is 386 cm³/mol. The van der Waals surface area contributed by atoms with Crippen molar-refractivity contribution in [1.82, 2.24) is 0 Å². The number of aliphatic hydroxyl groups excluding tert-OH is 1. The number of unbranched alkanes of at least 4 members (excludes halogenated alkanes) is 38. The van der Waals surface area contributed by atoms with Crippen molar-refractivity contribution in [1.29, 1.82) is 0 Å². The molecular weight excluding hydrogens is 1250 g/mol. The van der Waals surface area contributed by atoms with Gasteiger partial charge >= 0.3 is 39.5 Å². The molecule has 0 saturated heterocycles. The fourth-order valence-electron chi connectivity index (χ4n) is 11.5. The first-order valence-corrected chi connectivity index (χ1v) is 42.2. The van der Waals surface area contributed by atoms with Gasteiger partial charge in [-0.2, -0.15) is 0 Å². The number of carbonyl (C=O) groups excluding carboxylic acids is 4. The van der Waals surface area contributed by atoms with Gasteiger partial charge in [-0.3, -0.25) is 37.3 Å². The molecule has 0 spiro atoms. The second kappa shape index (κ2) is 65.4. The topological polar surface area (TPSA) is 237 Å². The van der Waals surface area contributed by atoms with E-state index >= 15 is 0 Å². The lowest BCUT2D eigenvalue weighted by Crippen LogP contribution is -2.30. The van der Waals surface area contributed by atoms with Gasteiger partial charge in [-0.05, 0) is 49.4 Å². The highest BCUT2D eigenvalue weighted by atomic mass is 31.2. The third kappa shape index (κ3) is 69.0. The standard InChI is InChI=1S/C76H148O17P2/c1-9-69(8)55-47-39-30-23-20-21-25-32-42-50-58-75(80)92-72(63-87-74(79)57-49-41-35-34-38-46-54-68(6)7)65-91-95(84,85)89-61-70(77)60-88-94(82,83)90-64-71(93-76(81)59-51-43-33-27-26-29-37-45-53-67(4)5)62-86-73(78)56-48-40-31-24-19-17-15-13-11-10-12-14-16-18-22-28-36-44-52-66(2)3/h66-72,77H,9-65H2,1-8H3,(H,82,83)(H,84,85)/t69?,70-,71-,72-/m1/s1. The van der Waals surface area contributed by atoms with Crippen molar-refractivity contribution in [3.05, 3.63) is 0 Å².